The number of amides is 1. The summed E-state index contributed by atoms with van der Waals surface area (Å²) in [6.45, 7) is 3.68. The molecule has 5 nitrogen and oxygen atoms in total. The van der Waals surface area contributed by atoms with Crippen molar-refractivity contribution in [3.8, 4) is 5.75 Å². The molecule has 2 aromatic rings. The SMILES string of the molecule is COc1ccc([C@@H]2Cc3c(cccc3C(F)(F)F)N(C(C)C(C)N(C)C)C(=O)[C@@H]2O)cc1. The number of aliphatic hydroxyl groups excluding tert-OH is 1. The molecular weight excluding hydrogens is 421 g/mol. The molecule has 3 rings (SSSR count). The molecule has 0 fully saturated rings. The summed E-state index contributed by atoms with van der Waals surface area (Å²) < 4.78 is 47.0. The average molecular weight is 451 g/mol. The lowest BCUT2D eigenvalue weighted by molar-refractivity contribution is -0.138. The molecule has 0 spiro atoms. The molecule has 0 bridgehead atoms. The predicted molar refractivity (Wildman–Crippen MR) is 117 cm³/mol. The molecule has 1 amide bonds. The minimum atomic E-state index is -4.59. The summed E-state index contributed by atoms with van der Waals surface area (Å²) in [6.07, 6.45) is -6.20. The van der Waals surface area contributed by atoms with Crippen molar-refractivity contribution in [2.24, 2.45) is 0 Å². The molecule has 1 N–H and O–H groups in total. The highest BCUT2D eigenvalue weighted by molar-refractivity contribution is 5.99. The molecule has 1 aliphatic rings. The quantitative estimate of drug-likeness (QED) is 0.746. The standard InChI is InChI=1S/C24H29F3N2O3/c1-14(28(3)4)15(2)29-21-8-6-7-20(24(25,26)27)19(21)13-18(22(30)23(29)31)16-9-11-17(32-5)12-10-16/h6-12,14-15,18,22,30H,13H2,1-5H3/t14?,15?,18-,22+/m0/s1. The highest BCUT2D eigenvalue weighted by Gasteiger charge is 2.43. The van der Waals surface area contributed by atoms with Crippen LogP contribution in [0.1, 0.15) is 36.5 Å². The molecule has 1 aliphatic heterocycles. The minimum absolute atomic E-state index is 0.0172. The van der Waals surface area contributed by atoms with Gasteiger partial charge in [-0.05, 0) is 69.8 Å². The monoisotopic (exact) mass is 450 g/mol. The maximum absolute atomic E-state index is 14.0. The van der Waals surface area contributed by atoms with Gasteiger partial charge in [0.1, 0.15) is 11.9 Å². The van der Waals surface area contributed by atoms with Crippen LogP contribution in [-0.4, -0.2) is 55.3 Å². The van der Waals surface area contributed by atoms with Gasteiger partial charge in [0.15, 0.2) is 0 Å². The van der Waals surface area contributed by atoms with Gasteiger partial charge in [-0.15, -0.1) is 0 Å². The Labute approximate surface area is 186 Å². The van der Waals surface area contributed by atoms with Crippen LogP contribution in [0.5, 0.6) is 5.75 Å². The van der Waals surface area contributed by atoms with Crippen molar-refractivity contribution >= 4 is 11.6 Å². The van der Waals surface area contributed by atoms with Crippen LogP contribution in [0.15, 0.2) is 42.5 Å². The van der Waals surface area contributed by atoms with Crippen LogP contribution in [-0.2, 0) is 17.4 Å². The Kier molecular flexibility index (Phi) is 6.86. The highest BCUT2D eigenvalue weighted by atomic mass is 19.4. The van der Waals surface area contributed by atoms with E-state index in [1.165, 1.54) is 24.1 Å². The summed E-state index contributed by atoms with van der Waals surface area (Å²) in [4.78, 5) is 16.7. The number of likely N-dealkylation sites (N-methyl/N-ethyl adjacent to an activating group) is 1. The van der Waals surface area contributed by atoms with Crippen molar-refractivity contribution in [1.82, 2.24) is 4.90 Å². The van der Waals surface area contributed by atoms with Crippen molar-refractivity contribution in [1.29, 1.82) is 0 Å². The van der Waals surface area contributed by atoms with E-state index in [1.807, 2.05) is 25.9 Å². The number of alkyl halides is 3. The zero-order chi connectivity index (χ0) is 23.8. The van der Waals surface area contributed by atoms with E-state index in [1.54, 1.807) is 31.2 Å². The fourth-order valence-electron chi connectivity index (χ4n) is 4.26. The fraction of sp³-hybridized carbons (Fsp3) is 0.458. The first-order valence-electron chi connectivity index (χ1n) is 10.5. The molecule has 4 atom stereocenters. The zero-order valence-electron chi connectivity index (χ0n) is 18.8. The van der Waals surface area contributed by atoms with Crippen LogP contribution >= 0.6 is 0 Å². The maximum atomic E-state index is 14.0. The van der Waals surface area contributed by atoms with Gasteiger partial charge in [-0.1, -0.05) is 18.2 Å². The smallest absolute Gasteiger partial charge is 0.416 e. The molecule has 0 aromatic heterocycles. The number of carbonyl (C=O) groups excluding carboxylic acids is 1. The Balaban J connectivity index is 2.20. The summed E-state index contributed by atoms with van der Waals surface area (Å²) in [6, 6.07) is 9.94. The van der Waals surface area contributed by atoms with Gasteiger partial charge in [0, 0.05) is 23.7 Å². The van der Waals surface area contributed by atoms with Crippen LogP contribution in [0.3, 0.4) is 0 Å². The van der Waals surface area contributed by atoms with Gasteiger partial charge < -0.3 is 19.6 Å². The Hall–Kier alpha value is -2.58. The lowest BCUT2D eigenvalue weighted by atomic mass is 9.86. The summed E-state index contributed by atoms with van der Waals surface area (Å²) in [5.74, 6) is -0.859. The number of benzene rings is 2. The molecular formula is C24H29F3N2O3. The number of nitrogens with zero attached hydrogens (tertiary/aromatic N) is 2. The molecule has 2 aromatic carbocycles. The summed E-state index contributed by atoms with van der Waals surface area (Å²) in [7, 11) is 5.19. The van der Waals surface area contributed by atoms with Crippen LogP contribution in [0, 0.1) is 0 Å². The Morgan fingerprint density at radius 3 is 2.28 bits per heavy atom. The second-order valence-electron chi connectivity index (χ2n) is 8.48. The third kappa shape index (κ3) is 4.47. The minimum Gasteiger partial charge on any atom is -0.497 e. The lowest BCUT2D eigenvalue weighted by Gasteiger charge is -2.37. The first-order valence-corrected chi connectivity index (χ1v) is 10.5. The van der Waals surface area contributed by atoms with Crippen molar-refractivity contribution in [3.63, 3.8) is 0 Å². The third-order valence-electron chi connectivity index (χ3n) is 6.48. The number of methoxy groups -OCH3 is 1. The maximum Gasteiger partial charge on any atom is 0.416 e. The van der Waals surface area contributed by atoms with Crippen molar-refractivity contribution in [3.05, 3.63) is 59.2 Å². The van der Waals surface area contributed by atoms with Gasteiger partial charge in [-0.2, -0.15) is 13.2 Å². The number of anilines is 1. The topological polar surface area (TPSA) is 53.0 Å². The number of rotatable bonds is 5. The zero-order valence-corrected chi connectivity index (χ0v) is 18.8. The molecule has 0 saturated carbocycles. The van der Waals surface area contributed by atoms with Crippen LogP contribution in [0.25, 0.3) is 0 Å². The van der Waals surface area contributed by atoms with Gasteiger partial charge in [-0.3, -0.25) is 4.79 Å². The average Bonchev–Trinajstić information content (AvgIpc) is 2.86. The van der Waals surface area contributed by atoms with E-state index in [0.29, 0.717) is 11.3 Å². The number of hydrogen-bond acceptors (Lipinski definition) is 4. The van der Waals surface area contributed by atoms with Crippen molar-refractivity contribution in [2.45, 2.75) is 50.6 Å². The third-order valence-corrected chi connectivity index (χ3v) is 6.48. The molecule has 0 aliphatic carbocycles. The second-order valence-corrected chi connectivity index (χ2v) is 8.48. The van der Waals surface area contributed by atoms with Gasteiger partial charge >= 0.3 is 6.18 Å². The number of aliphatic hydroxyl groups is 1. The highest BCUT2D eigenvalue weighted by Crippen LogP contribution is 2.43. The largest absolute Gasteiger partial charge is 0.497 e. The summed E-state index contributed by atoms with van der Waals surface area (Å²) in [5, 5.41) is 11.1. The molecule has 2 unspecified atom stereocenters. The number of hydrogen-bond donors (Lipinski definition) is 1. The van der Waals surface area contributed by atoms with Gasteiger partial charge in [0.05, 0.1) is 12.7 Å². The number of halogens is 3. The van der Waals surface area contributed by atoms with E-state index in [-0.39, 0.29) is 23.7 Å². The Bertz CT molecular complexity index is 960. The van der Waals surface area contributed by atoms with Crippen molar-refractivity contribution in [2.75, 3.05) is 26.1 Å². The van der Waals surface area contributed by atoms with Gasteiger partial charge in [0.2, 0.25) is 0 Å². The summed E-state index contributed by atoms with van der Waals surface area (Å²) in [5.41, 5.74) is -0.000493. The van der Waals surface area contributed by atoms with Crippen LogP contribution < -0.4 is 9.64 Å². The normalized spacial score (nSPS) is 21.2. The number of carbonyl (C=O) groups is 1. The van der Waals surface area contributed by atoms with E-state index in [9.17, 15) is 23.1 Å². The molecule has 0 radical (unpaired) electrons. The predicted octanol–water partition coefficient (Wildman–Crippen LogP) is 4.09. The summed E-state index contributed by atoms with van der Waals surface area (Å²) >= 11 is 0. The first-order chi connectivity index (χ1) is 15.0. The van der Waals surface area contributed by atoms with E-state index in [0.717, 1.165) is 6.07 Å². The number of fused-ring (bicyclic) bond motifs is 1. The molecule has 0 saturated heterocycles. The number of ether oxygens (including phenoxy) is 1. The Morgan fingerprint density at radius 2 is 1.75 bits per heavy atom. The van der Waals surface area contributed by atoms with E-state index in [2.05, 4.69) is 0 Å². The van der Waals surface area contributed by atoms with E-state index in [4.69, 9.17) is 4.74 Å². The van der Waals surface area contributed by atoms with Crippen LogP contribution in [0.4, 0.5) is 18.9 Å². The van der Waals surface area contributed by atoms with Gasteiger partial charge in [0.25, 0.3) is 5.91 Å². The van der Waals surface area contributed by atoms with Gasteiger partial charge in [-0.25, -0.2) is 0 Å². The Morgan fingerprint density at radius 1 is 1.12 bits per heavy atom. The first kappa shape index (κ1) is 24.1. The molecule has 32 heavy (non-hydrogen) atoms. The van der Waals surface area contributed by atoms with E-state index < -0.39 is 35.7 Å². The molecule has 174 valence electrons. The molecule has 1 heterocycles. The fourth-order valence-corrected chi connectivity index (χ4v) is 4.26. The van der Waals surface area contributed by atoms with Crippen LogP contribution in [0.2, 0.25) is 0 Å². The second kappa shape index (κ2) is 9.11. The molecule has 8 heteroatoms. The lowest BCUT2D eigenvalue weighted by Crippen LogP contribution is -2.52. The van der Waals surface area contributed by atoms with E-state index >= 15 is 0 Å². The van der Waals surface area contributed by atoms with Crippen molar-refractivity contribution < 1.29 is 27.8 Å².